The van der Waals surface area contributed by atoms with E-state index in [-0.39, 0.29) is 0 Å². The fourth-order valence-electron chi connectivity index (χ4n) is 1.65. The number of thioether (sulfide) groups is 1. The SMILES string of the molecule is CC(C)SC1CC(C(C)C)C1. The van der Waals surface area contributed by atoms with Crippen LogP contribution in [0.15, 0.2) is 0 Å². The highest BCUT2D eigenvalue weighted by atomic mass is 32.2. The molecule has 0 atom stereocenters. The van der Waals surface area contributed by atoms with Crippen molar-refractivity contribution in [2.45, 2.75) is 51.0 Å². The maximum atomic E-state index is 2.35. The lowest BCUT2D eigenvalue weighted by molar-refractivity contribution is 0.244. The van der Waals surface area contributed by atoms with Crippen LogP contribution in [-0.2, 0) is 0 Å². The largest absolute Gasteiger partial charge is 0.156 e. The van der Waals surface area contributed by atoms with Crippen molar-refractivity contribution in [2.24, 2.45) is 11.8 Å². The van der Waals surface area contributed by atoms with Crippen LogP contribution < -0.4 is 0 Å². The van der Waals surface area contributed by atoms with E-state index in [1.165, 1.54) is 12.8 Å². The smallest absolute Gasteiger partial charge is 0.00551 e. The summed E-state index contributed by atoms with van der Waals surface area (Å²) in [6.07, 6.45) is 2.95. The molecule has 0 spiro atoms. The first-order chi connectivity index (χ1) is 5.09. The van der Waals surface area contributed by atoms with Crippen molar-refractivity contribution in [1.29, 1.82) is 0 Å². The molecule has 0 aliphatic heterocycles. The van der Waals surface area contributed by atoms with Crippen LogP contribution in [0.1, 0.15) is 40.5 Å². The summed E-state index contributed by atoms with van der Waals surface area (Å²) >= 11 is 2.16. The zero-order chi connectivity index (χ0) is 8.43. The van der Waals surface area contributed by atoms with Gasteiger partial charge in [0.2, 0.25) is 0 Å². The zero-order valence-corrected chi connectivity index (χ0v) is 8.95. The molecule has 0 aromatic rings. The van der Waals surface area contributed by atoms with Crippen molar-refractivity contribution in [3.8, 4) is 0 Å². The Bertz CT molecular complexity index is 112. The van der Waals surface area contributed by atoms with E-state index in [0.717, 1.165) is 22.3 Å². The molecule has 1 aliphatic carbocycles. The summed E-state index contributed by atoms with van der Waals surface area (Å²) in [5.41, 5.74) is 0. The molecular formula is C10H20S. The minimum Gasteiger partial charge on any atom is -0.156 e. The molecule has 0 radical (unpaired) electrons. The predicted octanol–water partition coefficient (Wildman–Crippen LogP) is 3.56. The molecule has 1 rings (SSSR count). The fourth-order valence-corrected chi connectivity index (χ4v) is 3.13. The first kappa shape index (κ1) is 9.44. The molecule has 0 heterocycles. The van der Waals surface area contributed by atoms with Crippen LogP contribution in [0.4, 0.5) is 0 Å². The third kappa shape index (κ3) is 2.70. The average Bonchev–Trinajstić information content (AvgIpc) is 1.75. The summed E-state index contributed by atoms with van der Waals surface area (Å²) in [7, 11) is 0. The minimum atomic E-state index is 0.827. The molecule has 0 bridgehead atoms. The summed E-state index contributed by atoms with van der Waals surface area (Å²) in [4.78, 5) is 0. The van der Waals surface area contributed by atoms with Gasteiger partial charge in [0.15, 0.2) is 0 Å². The Kier molecular flexibility index (Phi) is 3.29. The molecule has 0 nitrogen and oxygen atoms in total. The third-order valence-corrected chi connectivity index (χ3v) is 3.85. The fraction of sp³-hybridized carbons (Fsp3) is 1.00. The highest BCUT2D eigenvalue weighted by Crippen LogP contribution is 2.42. The highest BCUT2D eigenvalue weighted by Gasteiger charge is 2.31. The number of hydrogen-bond acceptors (Lipinski definition) is 1. The van der Waals surface area contributed by atoms with E-state index in [0.29, 0.717) is 0 Å². The lowest BCUT2D eigenvalue weighted by atomic mass is 9.77. The second-order valence-corrected chi connectivity index (χ2v) is 6.16. The second-order valence-electron chi connectivity index (χ2n) is 4.28. The summed E-state index contributed by atoms with van der Waals surface area (Å²) in [5, 5.41) is 1.82. The zero-order valence-electron chi connectivity index (χ0n) is 8.13. The first-order valence-electron chi connectivity index (χ1n) is 4.75. The van der Waals surface area contributed by atoms with Gasteiger partial charge in [-0.25, -0.2) is 0 Å². The van der Waals surface area contributed by atoms with Gasteiger partial charge in [0.05, 0.1) is 0 Å². The molecule has 1 heteroatoms. The molecule has 11 heavy (non-hydrogen) atoms. The summed E-state index contributed by atoms with van der Waals surface area (Å²) < 4.78 is 0. The molecule has 0 unspecified atom stereocenters. The van der Waals surface area contributed by atoms with Crippen LogP contribution >= 0.6 is 11.8 Å². The Morgan fingerprint density at radius 3 is 2.00 bits per heavy atom. The Balaban J connectivity index is 2.09. The Morgan fingerprint density at radius 1 is 1.09 bits per heavy atom. The standard InChI is InChI=1S/C10H20S/c1-7(2)9-5-10(6-9)11-8(3)4/h7-10H,5-6H2,1-4H3. The maximum absolute atomic E-state index is 2.35. The molecule has 0 amide bonds. The molecule has 1 fully saturated rings. The van der Waals surface area contributed by atoms with Gasteiger partial charge in [-0.05, 0) is 29.9 Å². The van der Waals surface area contributed by atoms with E-state index in [2.05, 4.69) is 39.5 Å². The van der Waals surface area contributed by atoms with Crippen molar-refractivity contribution >= 4 is 11.8 Å². The molecular weight excluding hydrogens is 152 g/mol. The first-order valence-corrected chi connectivity index (χ1v) is 5.69. The van der Waals surface area contributed by atoms with Crippen molar-refractivity contribution in [3.05, 3.63) is 0 Å². The van der Waals surface area contributed by atoms with E-state index < -0.39 is 0 Å². The Hall–Kier alpha value is 0.350. The molecule has 0 aromatic heterocycles. The lowest BCUT2D eigenvalue weighted by Crippen LogP contribution is -2.30. The van der Waals surface area contributed by atoms with Gasteiger partial charge in [0.25, 0.3) is 0 Å². The quantitative estimate of drug-likeness (QED) is 0.627. The van der Waals surface area contributed by atoms with Crippen LogP contribution in [0.3, 0.4) is 0 Å². The monoisotopic (exact) mass is 172 g/mol. The molecule has 66 valence electrons. The maximum Gasteiger partial charge on any atom is 0.00551 e. The van der Waals surface area contributed by atoms with Crippen LogP contribution in [0.2, 0.25) is 0 Å². The summed E-state index contributed by atoms with van der Waals surface area (Å²) in [6.45, 7) is 9.29. The van der Waals surface area contributed by atoms with Crippen molar-refractivity contribution in [2.75, 3.05) is 0 Å². The van der Waals surface area contributed by atoms with Gasteiger partial charge in [-0.15, -0.1) is 0 Å². The molecule has 0 N–H and O–H groups in total. The summed E-state index contributed by atoms with van der Waals surface area (Å²) in [5.74, 6) is 1.95. The van der Waals surface area contributed by atoms with Crippen molar-refractivity contribution in [1.82, 2.24) is 0 Å². The highest BCUT2D eigenvalue weighted by molar-refractivity contribution is 8.00. The molecule has 1 aliphatic rings. The number of hydrogen-bond donors (Lipinski definition) is 0. The van der Waals surface area contributed by atoms with Gasteiger partial charge in [0, 0.05) is 5.25 Å². The molecule has 1 saturated carbocycles. The van der Waals surface area contributed by atoms with Crippen LogP contribution in [-0.4, -0.2) is 10.5 Å². The van der Waals surface area contributed by atoms with Gasteiger partial charge in [0.1, 0.15) is 0 Å². The minimum absolute atomic E-state index is 0.827. The van der Waals surface area contributed by atoms with E-state index in [1.54, 1.807) is 0 Å². The van der Waals surface area contributed by atoms with E-state index in [9.17, 15) is 0 Å². The van der Waals surface area contributed by atoms with E-state index in [4.69, 9.17) is 0 Å². The van der Waals surface area contributed by atoms with Crippen LogP contribution in [0.25, 0.3) is 0 Å². The normalized spacial score (nSPS) is 31.1. The van der Waals surface area contributed by atoms with Crippen LogP contribution in [0, 0.1) is 11.8 Å². The Morgan fingerprint density at radius 2 is 1.64 bits per heavy atom. The van der Waals surface area contributed by atoms with Gasteiger partial charge >= 0.3 is 0 Å². The van der Waals surface area contributed by atoms with Crippen LogP contribution in [0.5, 0.6) is 0 Å². The van der Waals surface area contributed by atoms with E-state index in [1.807, 2.05) is 0 Å². The van der Waals surface area contributed by atoms with Gasteiger partial charge in [-0.1, -0.05) is 27.7 Å². The Labute approximate surface area is 75.1 Å². The van der Waals surface area contributed by atoms with Gasteiger partial charge in [-0.3, -0.25) is 0 Å². The van der Waals surface area contributed by atoms with Crippen molar-refractivity contribution < 1.29 is 0 Å². The average molecular weight is 172 g/mol. The molecule has 0 aromatic carbocycles. The summed E-state index contributed by atoms with van der Waals surface area (Å²) in [6, 6.07) is 0. The number of rotatable bonds is 3. The lowest BCUT2D eigenvalue weighted by Gasteiger charge is -2.38. The predicted molar refractivity (Wildman–Crippen MR) is 54.1 cm³/mol. The molecule has 0 saturated heterocycles. The van der Waals surface area contributed by atoms with Crippen molar-refractivity contribution in [3.63, 3.8) is 0 Å². The third-order valence-electron chi connectivity index (χ3n) is 2.54. The van der Waals surface area contributed by atoms with Gasteiger partial charge < -0.3 is 0 Å². The topological polar surface area (TPSA) is 0 Å². The van der Waals surface area contributed by atoms with Gasteiger partial charge in [-0.2, -0.15) is 11.8 Å². The second kappa shape index (κ2) is 3.84. The van der Waals surface area contributed by atoms with E-state index >= 15 is 0 Å².